The SMILES string of the molecule is CN1C(N(CC(=O)OC(C)(C)C)Cc2ccccc2)N(C)[C@@H](c2ccccc2)[C@@H]1c1ccccc1. The average molecular weight is 472 g/mol. The number of benzene rings is 3. The number of hydrogen-bond donors (Lipinski definition) is 0. The molecule has 5 nitrogen and oxygen atoms in total. The zero-order valence-corrected chi connectivity index (χ0v) is 21.5. The van der Waals surface area contributed by atoms with E-state index in [9.17, 15) is 4.79 Å². The Kier molecular flexibility index (Phi) is 7.70. The highest BCUT2D eigenvalue weighted by Gasteiger charge is 2.47. The monoisotopic (exact) mass is 471 g/mol. The Balaban J connectivity index is 1.72. The minimum absolute atomic E-state index is 0.0989. The van der Waals surface area contributed by atoms with Gasteiger partial charge in [-0.2, -0.15) is 0 Å². The maximum atomic E-state index is 13.0. The molecule has 0 radical (unpaired) electrons. The predicted octanol–water partition coefficient (Wildman–Crippen LogP) is 5.47. The van der Waals surface area contributed by atoms with Crippen molar-refractivity contribution in [2.24, 2.45) is 0 Å². The maximum Gasteiger partial charge on any atom is 0.320 e. The highest BCUT2D eigenvalue weighted by molar-refractivity contribution is 5.72. The molecule has 0 unspecified atom stereocenters. The van der Waals surface area contributed by atoms with Crippen LogP contribution in [0, 0.1) is 0 Å². The molecule has 1 saturated heterocycles. The molecule has 5 heteroatoms. The number of ether oxygens (including phenoxy) is 1. The van der Waals surface area contributed by atoms with Crippen LogP contribution < -0.4 is 0 Å². The Morgan fingerprint density at radius 1 is 0.771 bits per heavy atom. The second-order valence-corrected chi connectivity index (χ2v) is 10.4. The van der Waals surface area contributed by atoms with Gasteiger partial charge in [0.1, 0.15) is 11.9 Å². The van der Waals surface area contributed by atoms with Crippen LogP contribution in [-0.4, -0.2) is 53.2 Å². The summed E-state index contributed by atoms with van der Waals surface area (Å²) < 4.78 is 5.74. The number of nitrogens with zero attached hydrogens (tertiary/aromatic N) is 3. The summed E-state index contributed by atoms with van der Waals surface area (Å²) in [5.74, 6) is -0.213. The molecule has 0 saturated carbocycles. The van der Waals surface area contributed by atoms with Crippen LogP contribution in [0.25, 0.3) is 0 Å². The van der Waals surface area contributed by atoms with Crippen LogP contribution in [0.2, 0.25) is 0 Å². The van der Waals surface area contributed by atoms with Crippen LogP contribution in [0.1, 0.15) is 49.5 Å². The highest BCUT2D eigenvalue weighted by atomic mass is 16.6. The molecule has 0 N–H and O–H groups in total. The zero-order valence-electron chi connectivity index (χ0n) is 21.5. The Bertz CT molecular complexity index is 1030. The Labute approximate surface area is 209 Å². The molecule has 3 aromatic carbocycles. The first kappa shape index (κ1) is 25.1. The van der Waals surface area contributed by atoms with Crippen molar-refractivity contribution in [3.63, 3.8) is 0 Å². The lowest BCUT2D eigenvalue weighted by Crippen LogP contribution is -2.52. The van der Waals surface area contributed by atoms with E-state index in [2.05, 4.69) is 102 Å². The van der Waals surface area contributed by atoms with Crippen molar-refractivity contribution in [2.45, 2.75) is 51.3 Å². The van der Waals surface area contributed by atoms with E-state index in [1.54, 1.807) is 0 Å². The summed E-state index contributed by atoms with van der Waals surface area (Å²) in [5.41, 5.74) is 3.16. The van der Waals surface area contributed by atoms with E-state index >= 15 is 0 Å². The van der Waals surface area contributed by atoms with Gasteiger partial charge in [0.25, 0.3) is 0 Å². The lowest BCUT2D eigenvalue weighted by Gasteiger charge is -2.37. The third-order valence-electron chi connectivity index (χ3n) is 6.49. The lowest BCUT2D eigenvalue weighted by molar-refractivity contribution is -0.159. The summed E-state index contributed by atoms with van der Waals surface area (Å²) in [6.45, 7) is 6.59. The summed E-state index contributed by atoms with van der Waals surface area (Å²) in [5, 5.41) is 0. The number of carbonyl (C=O) groups excluding carboxylic acids is 1. The van der Waals surface area contributed by atoms with Crippen LogP contribution in [0.4, 0.5) is 0 Å². The average Bonchev–Trinajstić information content (AvgIpc) is 3.09. The van der Waals surface area contributed by atoms with Gasteiger partial charge in [-0.05, 0) is 51.6 Å². The molecule has 184 valence electrons. The molecule has 4 rings (SSSR count). The number of hydrogen-bond acceptors (Lipinski definition) is 5. The predicted molar refractivity (Wildman–Crippen MR) is 140 cm³/mol. The summed E-state index contributed by atoms with van der Waals surface area (Å²) in [7, 11) is 4.32. The Hall–Kier alpha value is -2.99. The Morgan fingerprint density at radius 3 is 1.63 bits per heavy atom. The van der Waals surface area contributed by atoms with Crippen LogP contribution in [0.15, 0.2) is 91.0 Å². The molecule has 1 aliphatic heterocycles. The highest BCUT2D eigenvalue weighted by Crippen LogP contribution is 2.46. The van der Waals surface area contributed by atoms with Gasteiger partial charge in [-0.3, -0.25) is 19.5 Å². The topological polar surface area (TPSA) is 36.0 Å². The van der Waals surface area contributed by atoms with E-state index in [0.29, 0.717) is 6.54 Å². The van der Waals surface area contributed by atoms with Crippen molar-refractivity contribution in [1.29, 1.82) is 0 Å². The van der Waals surface area contributed by atoms with Crippen LogP contribution in [0.5, 0.6) is 0 Å². The van der Waals surface area contributed by atoms with Crippen molar-refractivity contribution in [1.82, 2.24) is 14.7 Å². The molecular formula is C30H37N3O2. The summed E-state index contributed by atoms with van der Waals surface area (Å²) in [6, 6.07) is 31.9. The van der Waals surface area contributed by atoms with Crippen LogP contribution in [0.3, 0.4) is 0 Å². The fraction of sp³-hybridized carbons (Fsp3) is 0.367. The summed E-state index contributed by atoms with van der Waals surface area (Å²) in [4.78, 5) is 20.0. The maximum absolute atomic E-state index is 13.0. The number of esters is 1. The lowest BCUT2D eigenvalue weighted by atomic mass is 9.93. The minimum atomic E-state index is -0.526. The molecule has 0 bridgehead atoms. The first-order valence-corrected chi connectivity index (χ1v) is 12.3. The third kappa shape index (κ3) is 5.99. The number of carbonyl (C=O) groups is 1. The van der Waals surface area contributed by atoms with Crippen LogP contribution >= 0.6 is 0 Å². The van der Waals surface area contributed by atoms with Crippen molar-refractivity contribution in [3.8, 4) is 0 Å². The molecule has 3 aromatic rings. The molecule has 0 amide bonds. The van der Waals surface area contributed by atoms with E-state index in [-0.39, 0.29) is 30.9 Å². The molecule has 1 heterocycles. The van der Waals surface area contributed by atoms with E-state index in [1.165, 1.54) is 11.1 Å². The van der Waals surface area contributed by atoms with Gasteiger partial charge < -0.3 is 4.74 Å². The fourth-order valence-corrected chi connectivity index (χ4v) is 5.25. The molecular weight excluding hydrogens is 434 g/mol. The first-order chi connectivity index (χ1) is 16.7. The van der Waals surface area contributed by atoms with Gasteiger partial charge in [0.15, 0.2) is 0 Å². The van der Waals surface area contributed by atoms with E-state index in [1.807, 2.05) is 39.0 Å². The normalized spacial score (nSPS) is 19.8. The standard InChI is InChI=1S/C30H37N3O2/c1-30(2,3)35-26(34)22-33(21-23-15-9-6-10-16-23)29-31(4)27(24-17-11-7-12-18-24)28(32(29)5)25-19-13-8-14-20-25/h6-20,27-29H,21-22H2,1-5H3/t27-,28-/m0/s1. The van der Waals surface area contributed by atoms with Crippen molar-refractivity contribution in [3.05, 3.63) is 108 Å². The fourth-order valence-electron chi connectivity index (χ4n) is 5.25. The first-order valence-electron chi connectivity index (χ1n) is 12.3. The molecule has 0 spiro atoms. The Morgan fingerprint density at radius 2 is 1.20 bits per heavy atom. The van der Waals surface area contributed by atoms with Gasteiger partial charge in [-0.1, -0.05) is 91.0 Å². The molecule has 0 aliphatic carbocycles. The summed E-state index contributed by atoms with van der Waals surface area (Å²) >= 11 is 0. The smallest absolute Gasteiger partial charge is 0.320 e. The van der Waals surface area contributed by atoms with E-state index in [0.717, 1.165) is 5.56 Å². The quantitative estimate of drug-likeness (QED) is 0.427. The molecule has 1 aliphatic rings. The van der Waals surface area contributed by atoms with Gasteiger partial charge in [-0.15, -0.1) is 0 Å². The minimum Gasteiger partial charge on any atom is -0.459 e. The van der Waals surface area contributed by atoms with Crippen molar-refractivity contribution >= 4 is 5.97 Å². The third-order valence-corrected chi connectivity index (χ3v) is 6.49. The molecule has 35 heavy (non-hydrogen) atoms. The summed E-state index contributed by atoms with van der Waals surface area (Å²) in [6.07, 6.45) is -0.0989. The number of rotatable bonds is 7. The number of likely N-dealkylation sites (N-methyl/N-ethyl adjacent to an activating group) is 2. The molecule has 1 fully saturated rings. The van der Waals surface area contributed by atoms with Crippen molar-refractivity contribution in [2.75, 3.05) is 20.6 Å². The van der Waals surface area contributed by atoms with Gasteiger partial charge in [0.05, 0.1) is 18.6 Å². The van der Waals surface area contributed by atoms with Gasteiger partial charge in [0.2, 0.25) is 0 Å². The van der Waals surface area contributed by atoms with Gasteiger partial charge >= 0.3 is 5.97 Å². The molecule has 2 atom stereocenters. The zero-order chi connectivity index (χ0) is 25.0. The van der Waals surface area contributed by atoms with Gasteiger partial charge in [0, 0.05) is 6.54 Å². The molecule has 0 aromatic heterocycles. The van der Waals surface area contributed by atoms with Crippen LogP contribution in [-0.2, 0) is 16.1 Å². The second kappa shape index (κ2) is 10.7. The largest absolute Gasteiger partial charge is 0.459 e. The second-order valence-electron chi connectivity index (χ2n) is 10.4. The van der Waals surface area contributed by atoms with Crippen molar-refractivity contribution < 1.29 is 9.53 Å². The van der Waals surface area contributed by atoms with Gasteiger partial charge in [-0.25, -0.2) is 0 Å². The van der Waals surface area contributed by atoms with E-state index in [4.69, 9.17) is 4.74 Å². The van der Waals surface area contributed by atoms with E-state index < -0.39 is 5.60 Å².